The van der Waals surface area contributed by atoms with E-state index in [2.05, 4.69) is 21.8 Å². The maximum atomic E-state index is 13.9. The van der Waals surface area contributed by atoms with Crippen LogP contribution in [-0.4, -0.2) is 30.8 Å². The van der Waals surface area contributed by atoms with Gasteiger partial charge in [0.2, 0.25) is 5.88 Å². The molecule has 1 fully saturated rings. The SMILES string of the molecule is CC1(C#Cc2cnc3c(c2)[C@]2(COC(N)=N2)c2cc(-c4ccc(F)c(F)c4)ccc2O3)COC1. The fraction of sp³-hybridized carbons (Fsp3) is 0.231. The fourth-order valence-electron chi connectivity index (χ4n) is 4.36. The highest BCUT2D eigenvalue weighted by Crippen LogP contribution is 2.51. The van der Waals surface area contributed by atoms with Crippen LogP contribution in [0.4, 0.5) is 8.78 Å². The van der Waals surface area contributed by atoms with Gasteiger partial charge in [-0.15, -0.1) is 0 Å². The molecule has 1 spiro atoms. The van der Waals surface area contributed by atoms with E-state index in [1.807, 2.05) is 19.1 Å². The van der Waals surface area contributed by atoms with Gasteiger partial charge in [0, 0.05) is 17.3 Å². The van der Waals surface area contributed by atoms with E-state index in [1.54, 1.807) is 18.3 Å². The Hall–Kier alpha value is -3.96. The molecule has 1 atom stereocenters. The number of benzene rings is 2. The van der Waals surface area contributed by atoms with Crippen molar-refractivity contribution >= 4 is 6.02 Å². The first-order chi connectivity index (χ1) is 16.4. The van der Waals surface area contributed by atoms with Gasteiger partial charge in [-0.3, -0.25) is 0 Å². The molecule has 6 rings (SSSR count). The second-order valence-electron chi connectivity index (χ2n) is 8.92. The van der Waals surface area contributed by atoms with E-state index in [-0.39, 0.29) is 18.0 Å². The third-order valence-electron chi connectivity index (χ3n) is 6.26. The van der Waals surface area contributed by atoms with Crippen LogP contribution in [0.25, 0.3) is 11.1 Å². The molecule has 0 saturated carbocycles. The van der Waals surface area contributed by atoms with E-state index in [4.69, 9.17) is 19.9 Å². The van der Waals surface area contributed by atoms with Gasteiger partial charge < -0.3 is 19.9 Å². The lowest BCUT2D eigenvalue weighted by Crippen LogP contribution is -2.38. The van der Waals surface area contributed by atoms with Crippen molar-refractivity contribution in [1.82, 2.24) is 4.98 Å². The van der Waals surface area contributed by atoms with Gasteiger partial charge in [-0.1, -0.05) is 24.0 Å². The van der Waals surface area contributed by atoms with Crippen LogP contribution < -0.4 is 10.5 Å². The van der Waals surface area contributed by atoms with Gasteiger partial charge in [0.1, 0.15) is 12.4 Å². The van der Waals surface area contributed by atoms with Crippen molar-refractivity contribution in [2.24, 2.45) is 16.1 Å². The largest absolute Gasteiger partial charge is 0.462 e. The molecule has 1 aromatic heterocycles. The van der Waals surface area contributed by atoms with Gasteiger partial charge >= 0.3 is 0 Å². The Labute approximate surface area is 194 Å². The Morgan fingerprint density at radius 1 is 0.971 bits per heavy atom. The van der Waals surface area contributed by atoms with E-state index in [9.17, 15) is 8.78 Å². The van der Waals surface area contributed by atoms with Crippen molar-refractivity contribution in [3.05, 3.63) is 77.0 Å². The van der Waals surface area contributed by atoms with Crippen LogP contribution in [0.5, 0.6) is 11.6 Å². The summed E-state index contributed by atoms with van der Waals surface area (Å²) in [6.45, 7) is 3.39. The second kappa shape index (κ2) is 7.27. The number of amidine groups is 1. The number of pyridine rings is 1. The maximum Gasteiger partial charge on any atom is 0.283 e. The van der Waals surface area contributed by atoms with Gasteiger partial charge in [0.05, 0.1) is 24.2 Å². The first-order valence-corrected chi connectivity index (χ1v) is 10.7. The first kappa shape index (κ1) is 20.6. The molecule has 0 aliphatic carbocycles. The standard InChI is InChI=1S/C26H19F2N3O3/c1-25(12-32-13-25)7-6-15-8-19-23(30-11-15)34-22-5-3-16(17-2-4-20(27)21(28)10-17)9-18(22)26(19)14-33-24(29)31-26/h2-5,8-11H,12-14H2,1H3,(H2,29,31)/t26-/m0/s1. The number of fused-ring (bicyclic) bond motifs is 4. The van der Waals surface area contributed by atoms with Crippen LogP contribution in [0, 0.1) is 28.9 Å². The molecule has 1 saturated heterocycles. The minimum Gasteiger partial charge on any atom is -0.462 e. The van der Waals surface area contributed by atoms with Gasteiger partial charge in [-0.2, -0.15) is 0 Å². The Bertz CT molecular complexity index is 1440. The lowest BCUT2D eigenvalue weighted by Gasteiger charge is -2.33. The predicted molar refractivity (Wildman–Crippen MR) is 120 cm³/mol. The van der Waals surface area contributed by atoms with Crippen molar-refractivity contribution in [2.75, 3.05) is 19.8 Å². The average molecular weight is 459 g/mol. The highest BCUT2D eigenvalue weighted by atomic mass is 19.2. The minimum absolute atomic E-state index is 0.0487. The summed E-state index contributed by atoms with van der Waals surface area (Å²) in [5.74, 6) is 5.53. The molecule has 3 aliphatic rings. The number of rotatable bonds is 1. The van der Waals surface area contributed by atoms with Crippen LogP contribution in [-0.2, 0) is 15.0 Å². The number of nitrogens with zero attached hydrogens (tertiary/aromatic N) is 2. The highest BCUT2D eigenvalue weighted by molar-refractivity contribution is 5.77. The van der Waals surface area contributed by atoms with Gasteiger partial charge in [-0.25, -0.2) is 18.8 Å². The molecule has 8 heteroatoms. The van der Waals surface area contributed by atoms with Crippen molar-refractivity contribution in [2.45, 2.75) is 12.5 Å². The van der Waals surface area contributed by atoms with Crippen molar-refractivity contribution < 1.29 is 23.0 Å². The number of halogens is 2. The topological polar surface area (TPSA) is 79.0 Å². The number of ether oxygens (including phenoxy) is 3. The van der Waals surface area contributed by atoms with Crippen LogP contribution in [0.2, 0.25) is 0 Å². The smallest absolute Gasteiger partial charge is 0.283 e. The molecule has 2 N–H and O–H groups in total. The van der Waals surface area contributed by atoms with Crippen LogP contribution in [0.1, 0.15) is 23.6 Å². The minimum atomic E-state index is -1.00. The molecule has 0 unspecified atom stereocenters. The number of aromatic nitrogens is 1. The van der Waals surface area contributed by atoms with Crippen LogP contribution in [0.15, 0.2) is 53.7 Å². The molecule has 3 aromatic rings. The Kier molecular flexibility index (Phi) is 4.41. The van der Waals surface area contributed by atoms with Crippen molar-refractivity contribution in [3.8, 4) is 34.6 Å². The van der Waals surface area contributed by atoms with E-state index in [0.717, 1.165) is 12.1 Å². The lowest BCUT2D eigenvalue weighted by molar-refractivity contribution is -0.0648. The highest BCUT2D eigenvalue weighted by Gasteiger charge is 2.48. The third-order valence-corrected chi connectivity index (χ3v) is 6.26. The van der Waals surface area contributed by atoms with E-state index in [1.165, 1.54) is 6.07 Å². The molecule has 0 bridgehead atoms. The molecule has 4 heterocycles. The molecule has 0 radical (unpaired) electrons. The molecule has 2 aromatic carbocycles. The second-order valence-corrected chi connectivity index (χ2v) is 8.92. The normalized spacial score (nSPS) is 21.2. The molecule has 34 heavy (non-hydrogen) atoms. The van der Waals surface area contributed by atoms with Gasteiger partial charge in [-0.05, 0) is 48.4 Å². The summed E-state index contributed by atoms with van der Waals surface area (Å²) in [6.07, 6.45) is 1.66. The quantitative estimate of drug-likeness (QED) is 0.554. The Morgan fingerprint density at radius 3 is 2.47 bits per heavy atom. The fourth-order valence-corrected chi connectivity index (χ4v) is 4.36. The van der Waals surface area contributed by atoms with Crippen LogP contribution in [0.3, 0.4) is 0 Å². The molecular formula is C26H19F2N3O3. The zero-order chi connectivity index (χ0) is 23.5. The number of nitrogens with two attached hydrogens (primary N) is 1. The molecule has 170 valence electrons. The molecule has 3 aliphatic heterocycles. The van der Waals surface area contributed by atoms with E-state index >= 15 is 0 Å². The average Bonchev–Trinajstić information content (AvgIpc) is 3.20. The summed E-state index contributed by atoms with van der Waals surface area (Å²) >= 11 is 0. The summed E-state index contributed by atoms with van der Waals surface area (Å²) in [5.41, 5.74) is 8.03. The van der Waals surface area contributed by atoms with Crippen molar-refractivity contribution in [1.29, 1.82) is 0 Å². The first-order valence-electron chi connectivity index (χ1n) is 10.7. The third kappa shape index (κ3) is 3.20. The molecular weight excluding hydrogens is 440 g/mol. The zero-order valence-electron chi connectivity index (χ0n) is 18.2. The van der Waals surface area contributed by atoms with Gasteiger partial charge in [0.15, 0.2) is 17.2 Å². The van der Waals surface area contributed by atoms with Crippen molar-refractivity contribution in [3.63, 3.8) is 0 Å². The summed E-state index contributed by atoms with van der Waals surface area (Å²) in [6, 6.07) is 11.1. The summed E-state index contributed by atoms with van der Waals surface area (Å²) in [4.78, 5) is 9.15. The monoisotopic (exact) mass is 459 g/mol. The Balaban J connectivity index is 1.48. The predicted octanol–water partition coefficient (Wildman–Crippen LogP) is 4.11. The lowest BCUT2D eigenvalue weighted by atomic mass is 9.81. The van der Waals surface area contributed by atoms with Crippen LogP contribution >= 0.6 is 0 Å². The number of aliphatic imine (C=N–C) groups is 1. The van der Waals surface area contributed by atoms with E-state index in [0.29, 0.717) is 52.7 Å². The maximum absolute atomic E-state index is 13.9. The molecule has 6 nitrogen and oxygen atoms in total. The number of hydrogen-bond acceptors (Lipinski definition) is 6. The summed E-state index contributed by atoms with van der Waals surface area (Å²) < 4.78 is 44.3. The Morgan fingerprint density at radius 2 is 1.76 bits per heavy atom. The zero-order valence-corrected chi connectivity index (χ0v) is 18.2. The van der Waals surface area contributed by atoms with E-state index < -0.39 is 17.2 Å². The molecule has 0 amide bonds. The van der Waals surface area contributed by atoms with Gasteiger partial charge in [0.25, 0.3) is 6.02 Å². The number of hydrogen-bond donors (Lipinski definition) is 1. The summed E-state index contributed by atoms with van der Waals surface area (Å²) in [7, 11) is 0. The summed E-state index contributed by atoms with van der Waals surface area (Å²) in [5, 5.41) is 0.